The molecule has 5 nitrogen and oxygen atoms in total. The molecule has 0 amide bonds. The first-order valence-electron chi connectivity index (χ1n) is 6.69. The largest absolute Gasteiger partial charge is 0.381 e. The SMILES string of the molecule is CS(=O)(=O)CCN1CCC(Nc2cncc(Br)c2)CC1. The second-order valence-corrected chi connectivity index (χ2v) is 8.46. The lowest BCUT2D eigenvalue weighted by Crippen LogP contribution is -2.41. The molecular formula is C13H20BrN3O2S. The second-order valence-electron chi connectivity index (χ2n) is 5.28. The lowest BCUT2D eigenvalue weighted by atomic mass is 10.0. The van der Waals surface area contributed by atoms with Gasteiger partial charge in [-0.3, -0.25) is 4.98 Å². The molecule has 1 aliphatic heterocycles. The molecule has 20 heavy (non-hydrogen) atoms. The molecule has 0 aromatic carbocycles. The first-order chi connectivity index (χ1) is 9.42. The maximum Gasteiger partial charge on any atom is 0.148 e. The fraction of sp³-hybridized carbons (Fsp3) is 0.615. The highest BCUT2D eigenvalue weighted by atomic mass is 79.9. The van der Waals surface area contributed by atoms with Crippen LogP contribution < -0.4 is 5.32 Å². The number of halogens is 1. The van der Waals surface area contributed by atoms with Crippen LogP contribution in [0.25, 0.3) is 0 Å². The Bertz CT molecular complexity index is 542. The van der Waals surface area contributed by atoms with Gasteiger partial charge in [0.1, 0.15) is 9.84 Å². The van der Waals surface area contributed by atoms with Gasteiger partial charge in [0.15, 0.2) is 0 Å². The Morgan fingerprint density at radius 2 is 2.10 bits per heavy atom. The predicted octanol–water partition coefficient (Wildman–Crippen LogP) is 1.77. The molecule has 1 N–H and O–H groups in total. The van der Waals surface area contributed by atoms with Crippen LogP contribution in [-0.4, -0.2) is 56.0 Å². The lowest BCUT2D eigenvalue weighted by Gasteiger charge is -2.32. The highest BCUT2D eigenvalue weighted by molar-refractivity contribution is 9.10. The number of pyridine rings is 1. The summed E-state index contributed by atoms with van der Waals surface area (Å²) in [5.74, 6) is 0.251. The van der Waals surface area contributed by atoms with Gasteiger partial charge in [0.25, 0.3) is 0 Å². The van der Waals surface area contributed by atoms with Crippen LogP contribution in [0.5, 0.6) is 0 Å². The number of rotatable bonds is 5. The highest BCUT2D eigenvalue weighted by Crippen LogP contribution is 2.18. The van der Waals surface area contributed by atoms with E-state index < -0.39 is 9.84 Å². The van der Waals surface area contributed by atoms with Gasteiger partial charge in [-0.05, 0) is 34.8 Å². The topological polar surface area (TPSA) is 62.3 Å². The van der Waals surface area contributed by atoms with Crippen molar-refractivity contribution in [3.63, 3.8) is 0 Å². The number of aromatic nitrogens is 1. The number of anilines is 1. The van der Waals surface area contributed by atoms with Crippen molar-refractivity contribution >= 4 is 31.5 Å². The summed E-state index contributed by atoms with van der Waals surface area (Å²) in [6.45, 7) is 2.52. The zero-order valence-electron chi connectivity index (χ0n) is 11.5. The van der Waals surface area contributed by atoms with Gasteiger partial charge >= 0.3 is 0 Å². The Labute approximate surface area is 128 Å². The van der Waals surface area contributed by atoms with Crippen molar-refractivity contribution in [2.24, 2.45) is 0 Å². The van der Waals surface area contributed by atoms with Crippen molar-refractivity contribution in [3.8, 4) is 0 Å². The molecule has 0 aliphatic carbocycles. The number of nitrogens with zero attached hydrogens (tertiary/aromatic N) is 2. The summed E-state index contributed by atoms with van der Waals surface area (Å²) in [6, 6.07) is 2.45. The number of piperidine rings is 1. The van der Waals surface area contributed by atoms with Gasteiger partial charge in [-0.1, -0.05) is 0 Å². The van der Waals surface area contributed by atoms with Crippen molar-refractivity contribution < 1.29 is 8.42 Å². The van der Waals surface area contributed by atoms with Crippen LogP contribution in [-0.2, 0) is 9.84 Å². The first kappa shape index (κ1) is 15.7. The molecule has 2 rings (SSSR count). The molecule has 0 spiro atoms. The van der Waals surface area contributed by atoms with Crippen LogP contribution in [0.1, 0.15) is 12.8 Å². The standard InChI is InChI=1S/C13H20BrN3O2S/c1-20(18,19)7-6-17-4-2-12(3-5-17)16-13-8-11(14)9-15-10-13/h8-10,12,16H,2-7H2,1H3. The normalized spacial score (nSPS) is 18.1. The summed E-state index contributed by atoms with van der Waals surface area (Å²) in [7, 11) is -2.86. The van der Waals surface area contributed by atoms with Crippen LogP contribution in [0.2, 0.25) is 0 Å². The molecule has 1 aliphatic rings. The average Bonchev–Trinajstić information content (AvgIpc) is 2.37. The van der Waals surface area contributed by atoms with Gasteiger partial charge in [0.05, 0.1) is 17.6 Å². The van der Waals surface area contributed by atoms with Crippen molar-refractivity contribution in [2.45, 2.75) is 18.9 Å². The number of likely N-dealkylation sites (tertiary alicyclic amines) is 1. The zero-order valence-corrected chi connectivity index (χ0v) is 14.0. The average molecular weight is 362 g/mol. The Balaban J connectivity index is 1.77. The van der Waals surface area contributed by atoms with Gasteiger partial charge < -0.3 is 10.2 Å². The molecule has 1 aromatic heterocycles. The molecule has 112 valence electrons. The fourth-order valence-electron chi connectivity index (χ4n) is 2.32. The van der Waals surface area contributed by atoms with Crippen molar-refractivity contribution in [1.82, 2.24) is 9.88 Å². The second kappa shape index (κ2) is 6.87. The van der Waals surface area contributed by atoms with Crippen LogP contribution in [0.15, 0.2) is 22.9 Å². The maximum absolute atomic E-state index is 11.2. The van der Waals surface area contributed by atoms with Crippen LogP contribution in [0.3, 0.4) is 0 Å². The van der Waals surface area contributed by atoms with Gasteiger partial charge in [-0.25, -0.2) is 8.42 Å². The van der Waals surface area contributed by atoms with Gasteiger partial charge in [-0.2, -0.15) is 0 Å². The van der Waals surface area contributed by atoms with E-state index >= 15 is 0 Å². The van der Waals surface area contributed by atoms with E-state index in [0.717, 1.165) is 36.1 Å². The Kier molecular flexibility index (Phi) is 5.40. The lowest BCUT2D eigenvalue weighted by molar-refractivity contribution is 0.230. The van der Waals surface area contributed by atoms with Crippen molar-refractivity contribution in [3.05, 3.63) is 22.9 Å². The number of hydrogen-bond acceptors (Lipinski definition) is 5. The predicted molar refractivity (Wildman–Crippen MR) is 84.7 cm³/mol. The Morgan fingerprint density at radius 3 is 2.70 bits per heavy atom. The molecule has 0 saturated carbocycles. The summed E-state index contributed by atoms with van der Waals surface area (Å²) in [5, 5.41) is 3.48. The summed E-state index contributed by atoms with van der Waals surface area (Å²) in [5.41, 5.74) is 1.02. The summed E-state index contributed by atoms with van der Waals surface area (Å²) in [6.07, 6.45) is 6.92. The minimum absolute atomic E-state index is 0.251. The minimum atomic E-state index is -2.86. The van der Waals surface area contributed by atoms with E-state index in [1.165, 1.54) is 6.26 Å². The number of hydrogen-bond donors (Lipinski definition) is 1. The minimum Gasteiger partial charge on any atom is -0.381 e. The van der Waals surface area contributed by atoms with Crippen molar-refractivity contribution in [2.75, 3.05) is 37.0 Å². The summed E-state index contributed by atoms with van der Waals surface area (Å²) in [4.78, 5) is 6.36. The van der Waals surface area contributed by atoms with E-state index in [-0.39, 0.29) is 5.75 Å². The summed E-state index contributed by atoms with van der Waals surface area (Å²) >= 11 is 3.41. The quantitative estimate of drug-likeness (QED) is 0.865. The third kappa shape index (κ3) is 5.38. The number of sulfone groups is 1. The Morgan fingerprint density at radius 1 is 1.40 bits per heavy atom. The maximum atomic E-state index is 11.2. The summed E-state index contributed by atoms with van der Waals surface area (Å²) < 4.78 is 23.3. The van der Waals surface area contributed by atoms with Gasteiger partial charge in [-0.15, -0.1) is 0 Å². The van der Waals surface area contributed by atoms with Crippen LogP contribution in [0.4, 0.5) is 5.69 Å². The van der Waals surface area contributed by atoms with E-state index in [1.807, 2.05) is 12.3 Å². The molecule has 0 unspecified atom stereocenters. The van der Waals surface area contributed by atoms with Crippen LogP contribution >= 0.6 is 15.9 Å². The third-order valence-corrected chi connectivity index (χ3v) is 4.80. The monoisotopic (exact) mass is 361 g/mol. The molecule has 2 heterocycles. The van der Waals surface area contributed by atoms with E-state index in [2.05, 4.69) is 31.1 Å². The Hall–Kier alpha value is -0.660. The van der Waals surface area contributed by atoms with E-state index in [9.17, 15) is 8.42 Å². The molecular weight excluding hydrogens is 342 g/mol. The highest BCUT2D eigenvalue weighted by Gasteiger charge is 2.19. The molecule has 7 heteroatoms. The van der Waals surface area contributed by atoms with E-state index in [4.69, 9.17) is 0 Å². The molecule has 1 aromatic rings. The zero-order chi connectivity index (χ0) is 14.6. The molecule has 1 saturated heterocycles. The van der Waals surface area contributed by atoms with Crippen LogP contribution in [0, 0.1) is 0 Å². The van der Waals surface area contributed by atoms with Gasteiger partial charge in [0, 0.05) is 42.6 Å². The third-order valence-electron chi connectivity index (χ3n) is 3.44. The molecule has 0 radical (unpaired) electrons. The molecule has 0 bridgehead atoms. The van der Waals surface area contributed by atoms with E-state index in [0.29, 0.717) is 12.6 Å². The smallest absolute Gasteiger partial charge is 0.148 e. The first-order valence-corrected chi connectivity index (χ1v) is 9.55. The molecule has 1 fully saturated rings. The van der Waals surface area contributed by atoms with Crippen molar-refractivity contribution in [1.29, 1.82) is 0 Å². The number of nitrogens with one attached hydrogen (secondary N) is 1. The fourth-order valence-corrected chi connectivity index (χ4v) is 3.28. The van der Waals surface area contributed by atoms with E-state index in [1.54, 1.807) is 6.20 Å². The van der Waals surface area contributed by atoms with Gasteiger partial charge in [0.2, 0.25) is 0 Å². The molecule has 0 atom stereocenters.